The smallest absolute Gasteiger partial charge is 0.322 e. The van der Waals surface area contributed by atoms with Crippen LogP contribution in [0, 0.1) is 0 Å². The van der Waals surface area contributed by atoms with Crippen LogP contribution in [0.4, 0.5) is 16.2 Å². The van der Waals surface area contributed by atoms with E-state index in [0.717, 1.165) is 11.4 Å². The highest BCUT2D eigenvalue weighted by Crippen LogP contribution is 2.25. The summed E-state index contributed by atoms with van der Waals surface area (Å²) in [7, 11) is 3.54. The van der Waals surface area contributed by atoms with E-state index in [9.17, 15) is 9.90 Å². The first-order valence-electron chi connectivity index (χ1n) is 8.60. The number of carbonyl (C=O) groups is 1. The van der Waals surface area contributed by atoms with Crippen LogP contribution >= 0.6 is 0 Å². The number of urea groups is 1. The summed E-state index contributed by atoms with van der Waals surface area (Å²) in [5.41, 5.74) is 2.42. The number of fused-ring (bicyclic) bond motifs is 1. The molecule has 1 aliphatic rings. The highest BCUT2D eigenvalue weighted by molar-refractivity contribution is 5.89. The highest BCUT2D eigenvalue weighted by atomic mass is 16.5. The van der Waals surface area contributed by atoms with Gasteiger partial charge in [0.05, 0.1) is 37.7 Å². The van der Waals surface area contributed by atoms with E-state index in [2.05, 4.69) is 10.3 Å². The lowest BCUT2D eigenvalue weighted by molar-refractivity contribution is 0.195. The number of hydrogen-bond donors (Lipinski definition) is 2. The number of nitrogens with one attached hydrogen (secondary N) is 1. The second-order valence-electron chi connectivity index (χ2n) is 6.29. The minimum Gasteiger partial charge on any atom is -0.497 e. The maximum atomic E-state index is 12.8. The molecule has 138 valence electrons. The van der Waals surface area contributed by atoms with Crippen molar-refractivity contribution in [2.24, 2.45) is 0 Å². The molecule has 1 aromatic heterocycles. The van der Waals surface area contributed by atoms with E-state index in [1.54, 1.807) is 24.3 Å². The van der Waals surface area contributed by atoms with Crippen molar-refractivity contribution in [1.29, 1.82) is 0 Å². The molecule has 0 saturated carbocycles. The third kappa shape index (κ3) is 3.88. The predicted octanol–water partition coefficient (Wildman–Crippen LogP) is 2.33. The van der Waals surface area contributed by atoms with Gasteiger partial charge in [-0.1, -0.05) is 6.07 Å². The highest BCUT2D eigenvalue weighted by Gasteiger charge is 2.25. The summed E-state index contributed by atoms with van der Waals surface area (Å²) in [6.07, 6.45) is 2.40. The molecule has 0 bridgehead atoms. The lowest BCUT2D eigenvalue weighted by atomic mass is 10.1. The standard InChI is InChI=1S/C19H24N4O3/c1-22-15(13-24)8-10-23(12-17-18(22)7-4-9-20-17)19(25)21-14-5-3-6-16(11-14)26-2/h3-7,9,11,15,24H,8,10,12-13H2,1-2H3,(H,21,25)/t15-/m0/s1. The second kappa shape index (κ2) is 8.05. The average molecular weight is 356 g/mol. The van der Waals surface area contributed by atoms with E-state index < -0.39 is 0 Å². The number of aliphatic hydroxyl groups excluding tert-OH is 1. The third-order valence-electron chi connectivity index (χ3n) is 4.69. The van der Waals surface area contributed by atoms with Gasteiger partial charge in [0.15, 0.2) is 0 Å². The minimum absolute atomic E-state index is 0.0240. The molecule has 1 aliphatic heterocycles. The molecule has 1 aromatic carbocycles. The van der Waals surface area contributed by atoms with Gasteiger partial charge < -0.3 is 25.0 Å². The van der Waals surface area contributed by atoms with Crippen LogP contribution in [0.15, 0.2) is 42.6 Å². The van der Waals surface area contributed by atoms with E-state index in [4.69, 9.17) is 4.74 Å². The van der Waals surface area contributed by atoms with Crippen molar-refractivity contribution in [3.8, 4) is 5.75 Å². The Bertz CT molecular complexity index is 768. The Morgan fingerprint density at radius 3 is 3.00 bits per heavy atom. The van der Waals surface area contributed by atoms with Gasteiger partial charge in [-0.2, -0.15) is 0 Å². The number of methoxy groups -OCH3 is 1. The van der Waals surface area contributed by atoms with Crippen LogP contribution in [-0.2, 0) is 6.54 Å². The third-order valence-corrected chi connectivity index (χ3v) is 4.69. The van der Waals surface area contributed by atoms with Gasteiger partial charge in [-0.25, -0.2) is 4.79 Å². The van der Waals surface area contributed by atoms with Crippen molar-refractivity contribution in [3.63, 3.8) is 0 Å². The molecule has 0 fully saturated rings. The molecule has 1 atom stereocenters. The van der Waals surface area contributed by atoms with Crippen molar-refractivity contribution in [2.75, 3.05) is 37.5 Å². The Morgan fingerprint density at radius 1 is 1.38 bits per heavy atom. The van der Waals surface area contributed by atoms with Crippen LogP contribution in [0.25, 0.3) is 0 Å². The molecule has 2 aromatic rings. The number of carbonyl (C=O) groups excluding carboxylic acids is 1. The monoisotopic (exact) mass is 356 g/mol. The molecule has 7 nitrogen and oxygen atoms in total. The molecule has 2 N–H and O–H groups in total. The molecule has 2 heterocycles. The summed E-state index contributed by atoms with van der Waals surface area (Å²) in [4.78, 5) is 21.0. The number of pyridine rings is 1. The first kappa shape index (κ1) is 18.0. The van der Waals surface area contributed by atoms with Gasteiger partial charge in [0.2, 0.25) is 0 Å². The fraction of sp³-hybridized carbons (Fsp3) is 0.368. The van der Waals surface area contributed by atoms with Crippen molar-refractivity contribution in [1.82, 2.24) is 9.88 Å². The van der Waals surface area contributed by atoms with E-state index in [-0.39, 0.29) is 18.7 Å². The number of benzene rings is 1. The Morgan fingerprint density at radius 2 is 2.23 bits per heavy atom. The van der Waals surface area contributed by atoms with Gasteiger partial charge in [0, 0.05) is 31.5 Å². The number of amides is 2. The van der Waals surface area contributed by atoms with Crippen LogP contribution < -0.4 is 15.0 Å². The lowest BCUT2D eigenvalue weighted by Crippen LogP contribution is -2.44. The fourth-order valence-electron chi connectivity index (χ4n) is 3.12. The Balaban J connectivity index is 1.81. The first-order valence-corrected chi connectivity index (χ1v) is 8.60. The van der Waals surface area contributed by atoms with E-state index in [0.29, 0.717) is 30.9 Å². The summed E-state index contributed by atoms with van der Waals surface area (Å²) >= 11 is 0. The topological polar surface area (TPSA) is 77.9 Å². The number of hydrogen-bond acceptors (Lipinski definition) is 5. The maximum Gasteiger partial charge on any atom is 0.322 e. The Kier molecular flexibility index (Phi) is 5.58. The molecule has 0 aliphatic carbocycles. The molecular weight excluding hydrogens is 332 g/mol. The minimum atomic E-state index is -0.198. The molecule has 26 heavy (non-hydrogen) atoms. The van der Waals surface area contributed by atoms with E-state index >= 15 is 0 Å². The van der Waals surface area contributed by atoms with Crippen molar-refractivity contribution < 1.29 is 14.6 Å². The van der Waals surface area contributed by atoms with Crippen molar-refractivity contribution >= 4 is 17.4 Å². The van der Waals surface area contributed by atoms with Crippen molar-refractivity contribution in [3.05, 3.63) is 48.3 Å². The summed E-state index contributed by atoms with van der Waals surface area (Å²) in [5, 5.41) is 12.6. The number of aromatic nitrogens is 1. The molecule has 0 unspecified atom stereocenters. The van der Waals surface area contributed by atoms with Crippen LogP contribution in [0.2, 0.25) is 0 Å². The zero-order chi connectivity index (χ0) is 18.5. The number of nitrogens with zero attached hydrogens (tertiary/aromatic N) is 3. The molecule has 2 amide bonds. The van der Waals surface area contributed by atoms with Crippen LogP contribution in [-0.4, -0.2) is 54.4 Å². The second-order valence-corrected chi connectivity index (χ2v) is 6.29. The largest absolute Gasteiger partial charge is 0.497 e. The molecule has 3 rings (SSSR count). The Hall–Kier alpha value is -2.80. The van der Waals surface area contributed by atoms with Gasteiger partial charge in [-0.15, -0.1) is 0 Å². The van der Waals surface area contributed by atoms with Crippen LogP contribution in [0.3, 0.4) is 0 Å². The molecular formula is C19H24N4O3. The zero-order valence-electron chi connectivity index (χ0n) is 15.1. The SMILES string of the molecule is COc1cccc(NC(=O)N2CC[C@@H](CO)N(C)c3cccnc3C2)c1. The van der Waals surface area contributed by atoms with Crippen LogP contribution in [0.5, 0.6) is 5.75 Å². The van der Waals surface area contributed by atoms with Gasteiger partial charge >= 0.3 is 6.03 Å². The lowest BCUT2D eigenvalue weighted by Gasteiger charge is -2.35. The van der Waals surface area contributed by atoms with E-state index in [1.807, 2.05) is 42.3 Å². The van der Waals surface area contributed by atoms with Gasteiger partial charge in [-0.3, -0.25) is 4.98 Å². The van der Waals surface area contributed by atoms with Crippen LogP contribution in [0.1, 0.15) is 12.1 Å². The zero-order valence-corrected chi connectivity index (χ0v) is 15.1. The predicted molar refractivity (Wildman–Crippen MR) is 101 cm³/mol. The molecule has 0 spiro atoms. The molecule has 0 saturated heterocycles. The maximum absolute atomic E-state index is 12.8. The van der Waals surface area contributed by atoms with Crippen molar-refractivity contribution in [2.45, 2.75) is 19.0 Å². The number of rotatable bonds is 3. The number of aliphatic hydroxyl groups is 1. The quantitative estimate of drug-likeness (QED) is 0.883. The van der Waals surface area contributed by atoms with Gasteiger partial charge in [0.25, 0.3) is 0 Å². The number of ether oxygens (including phenoxy) is 1. The number of likely N-dealkylation sites (N-methyl/N-ethyl adjacent to an activating group) is 1. The summed E-state index contributed by atoms with van der Waals surface area (Å²) in [6.45, 7) is 0.964. The van der Waals surface area contributed by atoms with Gasteiger partial charge in [0.1, 0.15) is 5.75 Å². The normalized spacial score (nSPS) is 17.1. The Labute approximate surface area is 153 Å². The first-order chi connectivity index (χ1) is 12.6. The summed E-state index contributed by atoms with van der Waals surface area (Å²) < 4.78 is 5.20. The number of anilines is 2. The van der Waals surface area contributed by atoms with E-state index in [1.165, 1.54) is 0 Å². The molecule has 0 radical (unpaired) electrons. The fourth-order valence-corrected chi connectivity index (χ4v) is 3.12. The summed E-state index contributed by atoms with van der Waals surface area (Å²) in [6, 6.07) is 10.8. The van der Waals surface area contributed by atoms with Gasteiger partial charge in [-0.05, 0) is 30.7 Å². The average Bonchev–Trinajstić information content (AvgIpc) is 2.66. The molecule has 7 heteroatoms. The summed E-state index contributed by atoms with van der Waals surface area (Å²) in [5.74, 6) is 0.685.